The summed E-state index contributed by atoms with van der Waals surface area (Å²) in [6.45, 7) is 9.19. The van der Waals surface area contributed by atoms with Gasteiger partial charge in [-0.3, -0.25) is 24.6 Å². The number of hydrogen-bond acceptors (Lipinski definition) is 11. The van der Waals surface area contributed by atoms with Gasteiger partial charge in [0.2, 0.25) is 10.8 Å². The van der Waals surface area contributed by atoms with Crippen LogP contribution < -0.4 is 16.1 Å². The maximum atomic E-state index is 15.0. The largest absolute Gasteiger partial charge is 0.406 e. The first kappa shape index (κ1) is 51.5. The average Bonchev–Trinajstić information content (AvgIpc) is 3.89. The lowest BCUT2D eigenvalue weighted by atomic mass is 9.84. The molecule has 0 spiro atoms. The Morgan fingerprint density at radius 1 is 1.11 bits per heavy atom. The minimum absolute atomic E-state index is 0.0112. The Morgan fingerprint density at radius 2 is 1.89 bits per heavy atom. The number of likely N-dealkylation sites (N-methyl/N-ethyl adjacent to an activating group) is 1. The minimum Gasteiger partial charge on any atom is -0.375 e. The van der Waals surface area contributed by atoms with E-state index in [0.29, 0.717) is 59.8 Å². The van der Waals surface area contributed by atoms with Crippen molar-refractivity contribution in [1.82, 2.24) is 45.4 Å². The summed E-state index contributed by atoms with van der Waals surface area (Å²) in [5.74, 6) is -1.85. The number of likely N-dealkylation sites (tertiary alicyclic amines) is 1. The second-order valence-corrected chi connectivity index (χ2v) is 20.1. The van der Waals surface area contributed by atoms with Crippen molar-refractivity contribution in [3.05, 3.63) is 76.1 Å². The Hall–Kier alpha value is -5.84. The van der Waals surface area contributed by atoms with E-state index in [1.54, 1.807) is 57.7 Å². The summed E-state index contributed by atoms with van der Waals surface area (Å²) in [7, 11) is 2.98. The van der Waals surface area contributed by atoms with Crippen LogP contribution in [0.4, 0.5) is 26.7 Å². The molecule has 4 aliphatic rings. The number of aromatic nitrogens is 3. The standard InChI is InChI=1S/C49H61F5N10O7/c1-27(2)42(60(6)47(67)61-23-37-39(24-61)70-17-15-55-37)45(65)58-36-21-31-18-30(44(50)51)20-35(57-31)29-12-13-38-33(19-29)34(22-48(4,5)26-71-64(68)40-11-9-16-63(59-40)46(36)66)43(62(38)25-49(52,53)54)32-10-8-14-56-41(32)28(3)69-7/h8,10,12-14,18-20,27-28,36-37,39-40,42,44,55,59H,9,11,15-17,21-26H2,1-7H3/p+1/t28-,36-,37+,39-,40+,42-/m0/s1. The molecule has 71 heavy (non-hydrogen) atoms. The molecule has 8 rings (SSSR count). The van der Waals surface area contributed by atoms with Gasteiger partial charge in [0.25, 0.3) is 12.3 Å². The van der Waals surface area contributed by atoms with Gasteiger partial charge in [-0.2, -0.15) is 18.6 Å². The van der Waals surface area contributed by atoms with Gasteiger partial charge in [0.1, 0.15) is 18.6 Å². The number of morpholine rings is 1. The Morgan fingerprint density at radius 3 is 2.59 bits per heavy atom. The van der Waals surface area contributed by atoms with Crippen LogP contribution in [0.2, 0.25) is 0 Å². The zero-order valence-corrected chi connectivity index (χ0v) is 40.9. The molecule has 3 N–H and O–H groups in total. The fraction of sp³-hybridized carbons (Fsp3) is 0.571. The van der Waals surface area contributed by atoms with Crippen LogP contribution in [-0.2, 0) is 43.3 Å². The lowest BCUT2D eigenvalue weighted by Crippen LogP contribution is -2.62. The molecular formula is C49H62F5N10O7+. The van der Waals surface area contributed by atoms with E-state index < -0.39 is 84.7 Å². The molecule has 4 aliphatic heterocycles. The molecule has 0 aliphatic carbocycles. The van der Waals surface area contributed by atoms with Crippen molar-refractivity contribution in [3.63, 3.8) is 0 Å². The van der Waals surface area contributed by atoms with Gasteiger partial charge in [-0.25, -0.2) is 18.4 Å². The van der Waals surface area contributed by atoms with Crippen molar-refractivity contribution >= 4 is 28.7 Å². The van der Waals surface area contributed by atoms with Gasteiger partial charge in [0.05, 0.1) is 53.4 Å². The normalized spacial score (nSPS) is 22.8. The predicted molar refractivity (Wildman–Crippen MR) is 250 cm³/mol. The summed E-state index contributed by atoms with van der Waals surface area (Å²) >= 11 is 0. The van der Waals surface area contributed by atoms with Gasteiger partial charge in [-0.15, -0.1) is 0 Å². The number of hydrazine groups is 1. The topological polar surface area (TPSA) is 175 Å². The number of benzene rings is 1. The van der Waals surface area contributed by atoms with Gasteiger partial charge >= 0.3 is 18.4 Å². The minimum atomic E-state index is -4.69. The molecule has 1 aromatic carbocycles. The van der Waals surface area contributed by atoms with Gasteiger partial charge in [-0.05, 0) is 67.6 Å². The summed E-state index contributed by atoms with van der Waals surface area (Å²) in [6.07, 6.45) is -7.88. The molecule has 384 valence electrons. The molecule has 3 aromatic heterocycles. The van der Waals surface area contributed by atoms with Crippen LogP contribution in [0.3, 0.4) is 0 Å². The molecule has 6 atom stereocenters. The van der Waals surface area contributed by atoms with Gasteiger partial charge in [-0.1, -0.05) is 33.8 Å². The Labute approximate surface area is 408 Å². The van der Waals surface area contributed by atoms with E-state index in [0.717, 1.165) is 6.07 Å². The Balaban J connectivity index is 1.25. The van der Waals surface area contributed by atoms with Crippen LogP contribution >= 0.6 is 0 Å². The zero-order chi connectivity index (χ0) is 51.1. The number of methoxy groups -OCH3 is 1. The number of amides is 4. The number of urea groups is 1. The van der Waals surface area contributed by atoms with Crippen molar-refractivity contribution in [2.75, 3.05) is 53.6 Å². The van der Waals surface area contributed by atoms with E-state index in [1.165, 1.54) is 53.0 Å². The van der Waals surface area contributed by atoms with E-state index in [9.17, 15) is 41.2 Å². The van der Waals surface area contributed by atoms with Gasteiger partial charge < -0.3 is 34.5 Å². The molecular weight excluding hydrogens is 936 g/mol. The van der Waals surface area contributed by atoms with E-state index >= 15 is 0 Å². The number of hydrogen-bond donors (Lipinski definition) is 3. The highest BCUT2D eigenvalue weighted by Crippen LogP contribution is 2.43. The van der Waals surface area contributed by atoms with E-state index in [2.05, 4.69) is 21.0 Å². The fourth-order valence-corrected chi connectivity index (χ4v) is 10.3. The number of nitrogens with one attached hydrogen (secondary N) is 3. The van der Waals surface area contributed by atoms with E-state index in [1.807, 2.05) is 0 Å². The third-order valence-corrected chi connectivity index (χ3v) is 13.7. The number of carbonyl (C=O) groups excluding carboxylic acids is 3. The first-order valence-electron chi connectivity index (χ1n) is 24.0. The SMILES string of the molecule is CO[C@@H](C)c1ncccc1-c1c2c3cc(ccc3n1CC(F)(F)F)-c1cc(C(F)F)cc(n1)C[C@H](NC(=O)[C@H](C(C)C)N(C)C(=O)N1C[C@@H]3OCCN[C@@H]3C1)C(=O)N1CCC[C@H](N1)[N+](=O)OCC(C)(C)C2. The number of ether oxygens (including phenoxy) is 2. The Kier molecular flexibility index (Phi) is 15.0. The quantitative estimate of drug-likeness (QED) is 0.156. The van der Waals surface area contributed by atoms with Crippen molar-refractivity contribution in [2.24, 2.45) is 11.3 Å². The van der Waals surface area contributed by atoms with Crippen molar-refractivity contribution < 1.29 is 55.6 Å². The van der Waals surface area contributed by atoms with Crippen molar-refractivity contribution in [3.8, 4) is 22.5 Å². The Bertz CT molecular complexity index is 2630. The number of fused-ring (bicyclic) bond motifs is 7. The molecule has 4 amide bonds. The third kappa shape index (κ3) is 11.1. The van der Waals surface area contributed by atoms with Crippen LogP contribution in [0, 0.1) is 16.2 Å². The molecule has 4 aromatic rings. The molecule has 0 saturated carbocycles. The van der Waals surface area contributed by atoms with E-state index in [4.69, 9.17) is 19.3 Å². The molecule has 7 heterocycles. The summed E-state index contributed by atoms with van der Waals surface area (Å²) in [5, 5.41) is 7.75. The highest BCUT2D eigenvalue weighted by molar-refractivity contribution is 5.95. The van der Waals surface area contributed by atoms with Crippen LogP contribution in [0.5, 0.6) is 0 Å². The molecule has 6 bridgehead atoms. The number of carbonyl (C=O) groups is 3. The van der Waals surface area contributed by atoms with Crippen molar-refractivity contribution in [2.45, 2.75) is 116 Å². The smallest absolute Gasteiger partial charge is 0.375 e. The number of rotatable bonds is 9. The monoisotopic (exact) mass is 997 g/mol. The number of alkyl halides is 5. The number of halogens is 5. The first-order valence-corrected chi connectivity index (χ1v) is 24.0. The van der Waals surface area contributed by atoms with Crippen molar-refractivity contribution in [1.29, 1.82) is 0 Å². The first-order chi connectivity index (χ1) is 33.6. The summed E-state index contributed by atoms with van der Waals surface area (Å²) in [5.41, 5.74) is 3.47. The summed E-state index contributed by atoms with van der Waals surface area (Å²) < 4.78 is 86.8. The number of pyridine rings is 2. The predicted octanol–water partition coefficient (Wildman–Crippen LogP) is 6.49. The zero-order valence-electron chi connectivity index (χ0n) is 40.9. The van der Waals surface area contributed by atoms with Crippen LogP contribution in [0.1, 0.15) is 82.5 Å². The summed E-state index contributed by atoms with van der Waals surface area (Å²) in [6, 6.07) is 7.19. The third-order valence-electron chi connectivity index (χ3n) is 13.7. The van der Waals surface area contributed by atoms with E-state index in [-0.39, 0.29) is 66.3 Å². The maximum absolute atomic E-state index is 15.0. The molecule has 3 fully saturated rings. The van der Waals surface area contributed by atoms with Crippen LogP contribution in [-0.4, -0.2) is 142 Å². The summed E-state index contributed by atoms with van der Waals surface area (Å²) in [4.78, 5) is 75.7. The molecule has 0 unspecified atom stereocenters. The van der Waals surface area contributed by atoms with Crippen LogP contribution in [0.15, 0.2) is 48.7 Å². The van der Waals surface area contributed by atoms with Gasteiger partial charge in [0, 0.05) is 91.5 Å². The second-order valence-electron chi connectivity index (χ2n) is 20.1. The average molecular weight is 998 g/mol. The molecule has 0 radical (unpaired) electrons. The lowest BCUT2D eigenvalue weighted by Gasteiger charge is -2.35. The second kappa shape index (κ2) is 20.7. The molecule has 17 nitrogen and oxygen atoms in total. The molecule has 22 heteroatoms. The van der Waals surface area contributed by atoms with Gasteiger partial charge in [0.15, 0.2) is 6.61 Å². The molecule has 3 saturated heterocycles. The lowest BCUT2D eigenvalue weighted by molar-refractivity contribution is -0.835. The number of nitrogens with zero attached hydrogens (tertiary/aromatic N) is 7. The highest BCUT2D eigenvalue weighted by atomic mass is 19.4. The fourth-order valence-electron chi connectivity index (χ4n) is 10.3. The van der Waals surface area contributed by atoms with Crippen LogP contribution in [0.25, 0.3) is 33.4 Å². The maximum Gasteiger partial charge on any atom is 0.406 e. The highest BCUT2D eigenvalue weighted by Gasteiger charge is 2.44.